The van der Waals surface area contributed by atoms with Crippen LogP contribution in [-0.4, -0.2) is 65.1 Å². The van der Waals surface area contributed by atoms with Crippen molar-refractivity contribution in [3.63, 3.8) is 0 Å². The highest BCUT2D eigenvalue weighted by Crippen LogP contribution is 2.29. The zero-order valence-electron chi connectivity index (χ0n) is 17.7. The Morgan fingerprint density at radius 1 is 1.10 bits per heavy atom. The standard InChI is InChI=1S/C23H27FN6O/c1-2-17-10-19(26-23-25-16-30(27-23)20-5-3-4-18(24)12-20)13-21(11-17)29-14-22(15-29)28-6-8-31-9-7-28/h3-5,10-13,16,22H,2,6-9,14-15H2,1H3,(H,26,27). The highest BCUT2D eigenvalue weighted by Gasteiger charge is 2.32. The molecule has 0 amide bonds. The molecule has 1 N–H and O–H groups in total. The minimum absolute atomic E-state index is 0.298. The van der Waals surface area contributed by atoms with Gasteiger partial charge in [0.2, 0.25) is 5.95 Å². The minimum atomic E-state index is -0.298. The van der Waals surface area contributed by atoms with E-state index in [2.05, 4.69) is 50.3 Å². The molecule has 2 saturated heterocycles. The molecule has 3 heterocycles. The lowest BCUT2D eigenvalue weighted by Gasteiger charge is -2.47. The van der Waals surface area contributed by atoms with Gasteiger partial charge in [0.25, 0.3) is 0 Å². The maximum absolute atomic E-state index is 13.5. The molecule has 0 aliphatic carbocycles. The van der Waals surface area contributed by atoms with Gasteiger partial charge in [0.05, 0.1) is 18.9 Å². The van der Waals surface area contributed by atoms with E-state index in [1.165, 1.54) is 23.4 Å². The van der Waals surface area contributed by atoms with Crippen molar-refractivity contribution in [1.29, 1.82) is 0 Å². The molecule has 1 aromatic heterocycles. The maximum atomic E-state index is 13.5. The second-order valence-electron chi connectivity index (χ2n) is 8.07. The van der Waals surface area contributed by atoms with Gasteiger partial charge in [-0.05, 0) is 48.4 Å². The minimum Gasteiger partial charge on any atom is -0.379 e. The molecule has 2 fully saturated rings. The first-order valence-corrected chi connectivity index (χ1v) is 10.8. The van der Waals surface area contributed by atoms with Crippen molar-refractivity contribution in [2.24, 2.45) is 0 Å². The number of anilines is 3. The first-order chi connectivity index (χ1) is 15.2. The number of ether oxygens (including phenoxy) is 1. The molecule has 5 rings (SSSR count). The molecule has 3 aromatic rings. The molecule has 2 aliphatic rings. The highest BCUT2D eigenvalue weighted by molar-refractivity contribution is 5.65. The smallest absolute Gasteiger partial charge is 0.246 e. The fourth-order valence-electron chi connectivity index (χ4n) is 4.17. The number of rotatable bonds is 6. The third-order valence-electron chi connectivity index (χ3n) is 6.00. The molecule has 0 saturated carbocycles. The molecule has 0 atom stereocenters. The maximum Gasteiger partial charge on any atom is 0.246 e. The summed E-state index contributed by atoms with van der Waals surface area (Å²) in [4.78, 5) is 9.29. The normalized spacial score (nSPS) is 17.5. The number of hydrogen-bond donors (Lipinski definition) is 1. The Labute approximate surface area is 181 Å². The summed E-state index contributed by atoms with van der Waals surface area (Å²) in [6, 6.07) is 13.5. The van der Waals surface area contributed by atoms with Crippen molar-refractivity contribution in [2.75, 3.05) is 49.6 Å². The van der Waals surface area contributed by atoms with Crippen molar-refractivity contribution < 1.29 is 9.13 Å². The zero-order chi connectivity index (χ0) is 21.2. The van der Waals surface area contributed by atoms with Crippen molar-refractivity contribution >= 4 is 17.3 Å². The quantitative estimate of drug-likeness (QED) is 0.658. The molecule has 7 nitrogen and oxygen atoms in total. The third-order valence-corrected chi connectivity index (χ3v) is 6.00. The summed E-state index contributed by atoms with van der Waals surface area (Å²) >= 11 is 0. The zero-order valence-corrected chi connectivity index (χ0v) is 17.7. The molecule has 31 heavy (non-hydrogen) atoms. The summed E-state index contributed by atoms with van der Waals surface area (Å²) in [7, 11) is 0. The van der Waals surface area contributed by atoms with Crippen LogP contribution in [0, 0.1) is 5.82 Å². The van der Waals surface area contributed by atoms with Crippen LogP contribution in [-0.2, 0) is 11.2 Å². The topological polar surface area (TPSA) is 58.5 Å². The number of halogens is 1. The largest absolute Gasteiger partial charge is 0.379 e. The SMILES string of the molecule is CCc1cc(Nc2ncn(-c3cccc(F)c3)n2)cc(N2CC(N3CCOCC3)C2)c1. The van der Waals surface area contributed by atoms with Crippen LogP contribution in [0.3, 0.4) is 0 Å². The molecule has 0 spiro atoms. The van der Waals surface area contributed by atoms with Crippen molar-refractivity contribution in [2.45, 2.75) is 19.4 Å². The van der Waals surface area contributed by atoms with Gasteiger partial charge in [-0.1, -0.05) is 13.0 Å². The van der Waals surface area contributed by atoms with Gasteiger partial charge in [-0.25, -0.2) is 9.07 Å². The fourth-order valence-corrected chi connectivity index (χ4v) is 4.17. The number of benzene rings is 2. The van der Waals surface area contributed by atoms with Crippen LogP contribution in [0.1, 0.15) is 12.5 Å². The Morgan fingerprint density at radius 3 is 2.71 bits per heavy atom. The Hall–Kier alpha value is -2.97. The van der Waals surface area contributed by atoms with Gasteiger partial charge in [0.15, 0.2) is 0 Å². The average Bonchev–Trinajstić information content (AvgIpc) is 3.22. The van der Waals surface area contributed by atoms with Crippen molar-refractivity contribution in [1.82, 2.24) is 19.7 Å². The van der Waals surface area contributed by atoms with E-state index in [0.717, 1.165) is 51.5 Å². The summed E-state index contributed by atoms with van der Waals surface area (Å²) in [6.07, 6.45) is 2.54. The number of hydrogen-bond acceptors (Lipinski definition) is 6. The van der Waals surface area contributed by atoms with Gasteiger partial charge >= 0.3 is 0 Å². The van der Waals surface area contributed by atoms with Crippen LogP contribution in [0.2, 0.25) is 0 Å². The van der Waals surface area contributed by atoms with Gasteiger partial charge in [-0.3, -0.25) is 4.90 Å². The van der Waals surface area contributed by atoms with Gasteiger partial charge in [0.1, 0.15) is 12.1 Å². The Kier molecular flexibility index (Phi) is 5.57. The van der Waals surface area contributed by atoms with Gasteiger partial charge < -0.3 is 15.0 Å². The molecule has 162 valence electrons. The first-order valence-electron chi connectivity index (χ1n) is 10.8. The number of nitrogens with zero attached hydrogens (tertiary/aromatic N) is 5. The summed E-state index contributed by atoms with van der Waals surface area (Å²) in [5, 5.41) is 7.76. The lowest BCUT2D eigenvalue weighted by molar-refractivity contribution is 0.0105. The summed E-state index contributed by atoms with van der Waals surface area (Å²) in [6.45, 7) is 7.97. The monoisotopic (exact) mass is 422 g/mol. The number of morpholine rings is 1. The molecule has 0 bridgehead atoms. The predicted octanol–water partition coefficient (Wildman–Crippen LogP) is 3.23. The second kappa shape index (κ2) is 8.64. The van der Waals surface area contributed by atoms with E-state index in [9.17, 15) is 4.39 Å². The van der Waals surface area contributed by atoms with E-state index in [-0.39, 0.29) is 5.82 Å². The highest BCUT2D eigenvalue weighted by atomic mass is 19.1. The van der Waals surface area contributed by atoms with E-state index in [4.69, 9.17) is 4.74 Å². The van der Waals surface area contributed by atoms with Gasteiger partial charge in [-0.15, -0.1) is 5.10 Å². The van der Waals surface area contributed by atoms with Gasteiger partial charge in [-0.2, -0.15) is 4.98 Å². The number of nitrogens with one attached hydrogen (secondary N) is 1. The molecule has 2 aliphatic heterocycles. The summed E-state index contributed by atoms with van der Waals surface area (Å²) in [5.74, 6) is 0.186. The summed E-state index contributed by atoms with van der Waals surface area (Å²) in [5.41, 5.74) is 4.08. The van der Waals surface area contributed by atoms with E-state index in [1.54, 1.807) is 23.1 Å². The first kappa shape index (κ1) is 20.0. The number of aromatic nitrogens is 3. The number of aryl methyl sites for hydroxylation is 1. The lowest BCUT2D eigenvalue weighted by atomic mass is 10.0. The van der Waals surface area contributed by atoms with Crippen LogP contribution in [0.4, 0.5) is 21.7 Å². The average molecular weight is 423 g/mol. The van der Waals surface area contributed by atoms with Crippen molar-refractivity contribution in [3.05, 3.63) is 60.2 Å². The molecular weight excluding hydrogens is 395 g/mol. The van der Waals surface area contributed by atoms with Crippen LogP contribution in [0.25, 0.3) is 5.69 Å². The lowest BCUT2D eigenvalue weighted by Crippen LogP contribution is -2.61. The Morgan fingerprint density at radius 2 is 1.94 bits per heavy atom. The van der Waals surface area contributed by atoms with E-state index < -0.39 is 0 Å². The van der Waals surface area contributed by atoms with Crippen LogP contribution < -0.4 is 10.2 Å². The molecule has 0 unspecified atom stereocenters. The molecule has 2 aromatic carbocycles. The molecule has 8 heteroatoms. The van der Waals surface area contributed by atoms with E-state index >= 15 is 0 Å². The van der Waals surface area contributed by atoms with Crippen LogP contribution >= 0.6 is 0 Å². The van der Waals surface area contributed by atoms with Crippen LogP contribution in [0.15, 0.2) is 48.8 Å². The summed E-state index contributed by atoms with van der Waals surface area (Å²) < 4.78 is 20.5. The third kappa shape index (κ3) is 4.40. The van der Waals surface area contributed by atoms with E-state index in [0.29, 0.717) is 17.7 Å². The van der Waals surface area contributed by atoms with Gasteiger partial charge in [0, 0.05) is 43.6 Å². The molecule has 0 radical (unpaired) electrons. The Balaban J connectivity index is 1.29. The fraction of sp³-hybridized carbons (Fsp3) is 0.391. The molecular formula is C23H27FN6O. The Bertz CT molecular complexity index is 1040. The van der Waals surface area contributed by atoms with E-state index in [1.807, 2.05) is 0 Å². The predicted molar refractivity (Wildman–Crippen MR) is 119 cm³/mol. The second-order valence-corrected chi connectivity index (χ2v) is 8.07. The van der Waals surface area contributed by atoms with Crippen molar-refractivity contribution in [3.8, 4) is 5.69 Å². The van der Waals surface area contributed by atoms with Crippen LogP contribution in [0.5, 0.6) is 0 Å².